The lowest BCUT2D eigenvalue weighted by Crippen LogP contribution is -2.57. The standard InChI is InChI=1S/C19H15BrClF3N2O3/c1-11-8-14(6-7-15(11)21)29-10-17(27)26-18(28,19(22,23)24)9-16(25-26)12-2-4-13(20)5-3-12/h2-8,28H,9-10H2,1H3. The molecule has 29 heavy (non-hydrogen) atoms. The number of aliphatic hydroxyl groups is 1. The number of carbonyl (C=O) groups is 1. The van der Waals surface area contributed by atoms with Crippen molar-refractivity contribution in [3.63, 3.8) is 0 Å². The molecule has 1 amide bonds. The normalized spacial score (nSPS) is 19.3. The van der Waals surface area contributed by atoms with Crippen LogP contribution in [-0.2, 0) is 4.79 Å². The predicted octanol–water partition coefficient (Wildman–Crippen LogP) is 4.68. The zero-order valence-electron chi connectivity index (χ0n) is 15.0. The Labute approximate surface area is 177 Å². The maximum atomic E-state index is 13.6. The fraction of sp³-hybridized carbons (Fsp3) is 0.263. The molecule has 1 unspecified atom stereocenters. The number of benzene rings is 2. The minimum absolute atomic E-state index is 0.0488. The van der Waals surface area contributed by atoms with E-state index >= 15 is 0 Å². The molecule has 1 N–H and O–H groups in total. The molecule has 0 spiro atoms. The molecule has 2 aromatic carbocycles. The summed E-state index contributed by atoms with van der Waals surface area (Å²) in [5, 5.41) is 14.6. The Balaban J connectivity index is 1.84. The van der Waals surface area contributed by atoms with E-state index in [1.165, 1.54) is 6.07 Å². The number of rotatable bonds is 4. The van der Waals surface area contributed by atoms with Gasteiger partial charge in [0.05, 0.1) is 12.1 Å². The Kier molecular flexibility index (Phi) is 5.93. The molecule has 0 saturated carbocycles. The van der Waals surface area contributed by atoms with Crippen LogP contribution in [-0.4, -0.2) is 40.2 Å². The molecule has 0 saturated heterocycles. The highest BCUT2D eigenvalue weighted by atomic mass is 79.9. The van der Waals surface area contributed by atoms with Crippen molar-refractivity contribution < 1.29 is 27.8 Å². The van der Waals surface area contributed by atoms with Crippen molar-refractivity contribution in [2.45, 2.75) is 25.2 Å². The molecule has 1 heterocycles. The summed E-state index contributed by atoms with van der Waals surface area (Å²) < 4.78 is 46.8. The lowest BCUT2D eigenvalue weighted by molar-refractivity contribution is -0.302. The molecule has 1 aliphatic rings. The molecule has 0 bridgehead atoms. The molecule has 0 aliphatic carbocycles. The third kappa shape index (κ3) is 4.41. The number of aryl methyl sites for hydroxylation is 1. The number of nitrogens with zero attached hydrogens (tertiary/aromatic N) is 2. The van der Waals surface area contributed by atoms with Gasteiger partial charge < -0.3 is 9.84 Å². The monoisotopic (exact) mass is 490 g/mol. The quantitative estimate of drug-likeness (QED) is 0.676. The molecule has 1 atom stereocenters. The van der Waals surface area contributed by atoms with Gasteiger partial charge in [-0.1, -0.05) is 39.7 Å². The highest BCUT2D eigenvalue weighted by Gasteiger charge is 2.63. The van der Waals surface area contributed by atoms with Crippen LogP contribution in [0, 0.1) is 6.92 Å². The molecular formula is C19H15BrClF3N2O3. The molecule has 5 nitrogen and oxygen atoms in total. The van der Waals surface area contributed by atoms with Gasteiger partial charge in [-0.2, -0.15) is 23.3 Å². The van der Waals surface area contributed by atoms with E-state index in [4.69, 9.17) is 16.3 Å². The summed E-state index contributed by atoms with van der Waals surface area (Å²) in [5.41, 5.74) is -2.47. The Morgan fingerprint density at radius 2 is 1.97 bits per heavy atom. The van der Waals surface area contributed by atoms with Gasteiger partial charge in [-0.25, -0.2) is 0 Å². The number of alkyl halides is 3. The minimum atomic E-state index is -5.11. The summed E-state index contributed by atoms with van der Waals surface area (Å²) in [5.74, 6) is -0.878. The van der Waals surface area contributed by atoms with Crippen LogP contribution in [0.25, 0.3) is 0 Å². The molecule has 154 valence electrons. The third-order valence-electron chi connectivity index (χ3n) is 4.34. The molecule has 3 rings (SSSR count). The van der Waals surface area contributed by atoms with Gasteiger partial charge in [0.2, 0.25) is 0 Å². The first-order chi connectivity index (χ1) is 13.5. The largest absolute Gasteiger partial charge is 0.484 e. The average molecular weight is 492 g/mol. The number of carbonyl (C=O) groups excluding carboxylic acids is 1. The van der Waals surface area contributed by atoms with Gasteiger partial charge >= 0.3 is 6.18 Å². The number of halogens is 5. The van der Waals surface area contributed by atoms with Gasteiger partial charge in [0.25, 0.3) is 11.6 Å². The van der Waals surface area contributed by atoms with E-state index in [0.29, 0.717) is 16.1 Å². The van der Waals surface area contributed by atoms with Crippen molar-refractivity contribution in [1.82, 2.24) is 5.01 Å². The first-order valence-corrected chi connectivity index (χ1v) is 9.53. The van der Waals surface area contributed by atoms with Crippen LogP contribution >= 0.6 is 27.5 Å². The molecule has 2 aromatic rings. The number of amides is 1. The van der Waals surface area contributed by atoms with E-state index < -0.39 is 30.8 Å². The number of ether oxygens (including phenoxy) is 1. The van der Waals surface area contributed by atoms with Gasteiger partial charge in [0, 0.05) is 9.50 Å². The molecule has 1 aliphatic heterocycles. The van der Waals surface area contributed by atoms with Crippen LogP contribution in [0.2, 0.25) is 5.02 Å². The van der Waals surface area contributed by atoms with E-state index in [1.807, 2.05) is 0 Å². The molecular weight excluding hydrogens is 477 g/mol. The number of hydrogen-bond donors (Lipinski definition) is 1. The van der Waals surface area contributed by atoms with Crippen molar-refractivity contribution in [3.8, 4) is 5.75 Å². The van der Waals surface area contributed by atoms with E-state index in [0.717, 1.165) is 4.47 Å². The Hall–Kier alpha value is -2.10. The van der Waals surface area contributed by atoms with Crippen molar-refractivity contribution >= 4 is 39.1 Å². The summed E-state index contributed by atoms with van der Waals surface area (Å²) in [6.07, 6.45) is -6.00. The van der Waals surface area contributed by atoms with Gasteiger partial charge in [-0.05, 0) is 48.4 Å². The lowest BCUT2D eigenvalue weighted by Gasteiger charge is -2.32. The van der Waals surface area contributed by atoms with Crippen LogP contribution in [0.1, 0.15) is 17.5 Å². The van der Waals surface area contributed by atoms with E-state index in [9.17, 15) is 23.1 Å². The Morgan fingerprint density at radius 1 is 1.31 bits per heavy atom. The topological polar surface area (TPSA) is 62.1 Å². The van der Waals surface area contributed by atoms with Gasteiger partial charge in [-0.3, -0.25) is 4.79 Å². The van der Waals surface area contributed by atoms with Crippen LogP contribution in [0.15, 0.2) is 52.0 Å². The van der Waals surface area contributed by atoms with E-state index in [-0.39, 0.29) is 16.5 Å². The minimum Gasteiger partial charge on any atom is -0.484 e. The second-order valence-corrected chi connectivity index (χ2v) is 7.77. The van der Waals surface area contributed by atoms with Crippen LogP contribution in [0.4, 0.5) is 13.2 Å². The molecule has 10 heteroatoms. The second-order valence-electron chi connectivity index (χ2n) is 6.45. The predicted molar refractivity (Wildman–Crippen MR) is 105 cm³/mol. The second kappa shape index (κ2) is 7.97. The fourth-order valence-corrected chi connectivity index (χ4v) is 3.13. The Bertz CT molecular complexity index is 966. The van der Waals surface area contributed by atoms with Crippen molar-refractivity contribution in [1.29, 1.82) is 0 Å². The van der Waals surface area contributed by atoms with Crippen LogP contribution < -0.4 is 4.74 Å². The first-order valence-electron chi connectivity index (χ1n) is 8.36. The van der Waals surface area contributed by atoms with E-state index in [2.05, 4.69) is 21.0 Å². The highest BCUT2D eigenvalue weighted by molar-refractivity contribution is 9.10. The summed E-state index contributed by atoms with van der Waals surface area (Å²) in [6, 6.07) is 10.9. The maximum absolute atomic E-state index is 13.6. The lowest BCUT2D eigenvalue weighted by atomic mass is 10.0. The average Bonchev–Trinajstić information content (AvgIpc) is 3.02. The molecule has 0 fully saturated rings. The smallest absolute Gasteiger partial charge is 0.438 e. The molecule has 0 radical (unpaired) electrons. The van der Waals surface area contributed by atoms with Crippen molar-refractivity contribution in [2.75, 3.05) is 6.61 Å². The number of hydrazone groups is 1. The maximum Gasteiger partial charge on any atom is 0.438 e. The zero-order valence-corrected chi connectivity index (χ0v) is 17.3. The number of hydrogen-bond acceptors (Lipinski definition) is 4. The van der Waals surface area contributed by atoms with Gasteiger partial charge in [-0.15, -0.1) is 0 Å². The van der Waals surface area contributed by atoms with Gasteiger partial charge in [0.1, 0.15) is 5.75 Å². The summed E-state index contributed by atoms with van der Waals surface area (Å²) in [7, 11) is 0. The first kappa shape index (κ1) is 21.6. The summed E-state index contributed by atoms with van der Waals surface area (Å²) in [4.78, 5) is 12.5. The van der Waals surface area contributed by atoms with Crippen LogP contribution in [0.5, 0.6) is 5.75 Å². The summed E-state index contributed by atoms with van der Waals surface area (Å²) >= 11 is 9.15. The fourth-order valence-electron chi connectivity index (χ4n) is 2.74. The molecule has 0 aromatic heterocycles. The zero-order chi connectivity index (χ0) is 21.4. The summed E-state index contributed by atoms with van der Waals surface area (Å²) in [6.45, 7) is 0.977. The SMILES string of the molecule is Cc1cc(OCC(=O)N2N=C(c3ccc(Br)cc3)CC2(O)C(F)(F)F)ccc1Cl. The van der Waals surface area contributed by atoms with Crippen molar-refractivity contribution in [3.05, 3.63) is 63.1 Å². The van der Waals surface area contributed by atoms with Gasteiger partial charge in [0.15, 0.2) is 6.61 Å². The van der Waals surface area contributed by atoms with E-state index in [1.54, 1.807) is 43.3 Å². The third-order valence-corrected chi connectivity index (χ3v) is 5.30. The highest BCUT2D eigenvalue weighted by Crippen LogP contribution is 2.41. The Morgan fingerprint density at radius 3 is 2.55 bits per heavy atom. The van der Waals surface area contributed by atoms with Crippen molar-refractivity contribution in [2.24, 2.45) is 5.10 Å². The van der Waals surface area contributed by atoms with Crippen LogP contribution in [0.3, 0.4) is 0 Å².